The van der Waals surface area contributed by atoms with Crippen molar-refractivity contribution in [1.29, 1.82) is 0 Å². The van der Waals surface area contributed by atoms with Gasteiger partial charge in [-0.1, -0.05) is 67.8 Å². The van der Waals surface area contributed by atoms with Gasteiger partial charge in [-0.15, -0.1) is 0 Å². The highest BCUT2D eigenvalue weighted by Crippen LogP contribution is 2.26. The first-order valence-electron chi connectivity index (χ1n) is 10.7. The van der Waals surface area contributed by atoms with Crippen molar-refractivity contribution in [2.75, 3.05) is 0 Å². The van der Waals surface area contributed by atoms with Crippen molar-refractivity contribution in [3.63, 3.8) is 0 Å². The predicted molar refractivity (Wildman–Crippen MR) is 143 cm³/mol. The Hall–Kier alpha value is -4.37. The largest absolute Gasteiger partial charge is 0.265 e. The minimum atomic E-state index is 0.822. The Morgan fingerprint density at radius 3 is 2.06 bits per heavy atom. The lowest BCUT2D eigenvalue weighted by Gasteiger charge is -2.09. The summed E-state index contributed by atoms with van der Waals surface area (Å²) in [5, 5.41) is 0. The highest BCUT2D eigenvalue weighted by Gasteiger charge is 2.08. The van der Waals surface area contributed by atoms with Crippen LogP contribution in [0.15, 0.2) is 124 Å². The summed E-state index contributed by atoms with van der Waals surface area (Å²) in [5.41, 5.74) is 9.75. The number of hydrogen-bond donors (Lipinski definition) is 0. The fourth-order valence-electron chi connectivity index (χ4n) is 3.48. The van der Waals surface area contributed by atoms with E-state index >= 15 is 0 Å². The van der Waals surface area contributed by atoms with Crippen molar-refractivity contribution in [3.05, 3.63) is 126 Å². The first-order valence-corrected chi connectivity index (χ1v) is 10.7. The zero-order valence-corrected chi connectivity index (χ0v) is 18.7. The van der Waals surface area contributed by atoms with E-state index in [1.165, 1.54) is 11.1 Å². The zero-order valence-electron chi connectivity index (χ0n) is 18.7. The van der Waals surface area contributed by atoms with Gasteiger partial charge in [-0.2, -0.15) is 0 Å². The quantitative estimate of drug-likeness (QED) is 0.359. The third kappa shape index (κ3) is 5.28. The lowest BCUT2D eigenvalue weighted by molar-refractivity contribution is 1.36. The molecule has 0 amide bonds. The molecule has 4 rings (SSSR count). The van der Waals surface area contributed by atoms with E-state index in [0.29, 0.717) is 0 Å². The number of hydrogen-bond acceptors (Lipinski definition) is 3. The smallest absolute Gasteiger partial charge is 0.0704 e. The van der Waals surface area contributed by atoms with Crippen LogP contribution in [0.3, 0.4) is 0 Å². The van der Waals surface area contributed by atoms with Gasteiger partial charge >= 0.3 is 0 Å². The van der Waals surface area contributed by atoms with Crippen LogP contribution in [0.4, 0.5) is 11.4 Å². The van der Waals surface area contributed by atoms with E-state index in [1.54, 1.807) is 0 Å². The highest BCUT2D eigenvalue weighted by atomic mass is 14.8. The molecule has 0 heterocycles. The lowest BCUT2D eigenvalue weighted by Crippen LogP contribution is -2.01. The van der Waals surface area contributed by atoms with E-state index in [1.807, 2.05) is 55.6 Å². The molecule has 0 saturated heterocycles. The summed E-state index contributed by atoms with van der Waals surface area (Å²) in [5.74, 6) is 0. The van der Waals surface area contributed by atoms with Crippen molar-refractivity contribution in [3.8, 4) is 11.1 Å². The molecule has 3 heteroatoms. The summed E-state index contributed by atoms with van der Waals surface area (Å²) in [6.45, 7) is 13.5. The van der Waals surface area contributed by atoms with Crippen molar-refractivity contribution in [2.24, 2.45) is 15.0 Å². The van der Waals surface area contributed by atoms with Crippen molar-refractivity contribution in [1.82, 2.24) is 0 Å². The lowest BCUT2D eigenvalue weighted by atomic mass is 10.0. The van der Waals surface area contributed by atoms with Crippen molar-refractivity contribution in [2.45, 2.75) is 6.92 Å². The van der Waals surface area contributed by atoms with Gasteiger partial charge in [0.2, 0.25) is 0 Å². The summed E-state index contributed by atoms with van der Waals surface area (Å²) in [7, 11) is 0. The molecule has 1 aliphatic carbocycles. The summed E-state index contributed by atoms with van der Waals surface area (Å²) < 4.78 is 0. The number of allylic oxidation sites excluding steroid dienone is 4. The van der Waals surface area contributed by atoms with Crippen LogP contribution >= 0.6 is 0 Å². The molecule has 0 aliphatic heterocycles. The van der Waals surface area contributed by atoms with Gasteiger partial charge in [0.15, 0.2) is 0 Å². The minimum Gasteiger partial charge on any atom is -0.265 e. The maximum absolute atomic E-state index is 4.74. The van der Waals surface area contributed by atoms with Crippen molar-refractivity contribution < 1.29 is 0 Å². The molecule has 0 N–H and O–H groups in total. The Labute approximate surface area is 195 Å². The highest BCUT2D eigenvalue weighted by molar-refractivity contribution is 6.12. The fourth-order valence-corrected chi connectivity index (χ4v) is 3.48. The molecule has 0 fully saturated rings. The SMILES string of the molecule is C=Cc1ccc(-c2ccc(C=NC3=CC(=C)/C(=N\c4ccc(N=C)cc4C)C=C3)cc2)cc1. The second-order valence-electron chi connectivity index (χ2n) is 7.76. The maximum Gasteiger partial charge on any atom is 0.0704 e. The van der Waals surface area contributed by atoms with Gasteiger partial charge in [0.05, 0.1) is 22.8 Å². The molecule has 0 unspecified atom stereocenters. The van der Waals surface area contributed by atoms with Gasteiger partial charge in [0.25, 0.3) is 0 Å². The number of benzene rings is 3. The molecular weight excluding hydrogens is 402 g/mol. The van der Waals surface area contributed by atoms with Gasteiger partial charge in [-0.05, 0) is 83.5 Å². The predicted octanol–water partition coefficient (Wildman–Crippen LogP) is 7.84. The second kappa shape index (κ2) is 9.84. The minimum absolute atomic E-state index is 0.822. The molecule has 0 bridgehead atoms. The molecule has 0 atom stereocenters. The summed E-state index contributed by atoms with van der Waals surface area (Å²) >= 11 is 0. The topological polar surface area (TPSA) is 37.1 Å². The van der Waals surface area contributed by atoms with Crippen LogP contribution in [0.2, 0.25) is 0 Å². The Balaban J connectivity index is 1.45. The average molecular weight is 428 g/mol. The molecule has 33 heavy (non-hydrogen) atoms. The Morgan fingerprint density at radius 1 is 0.818 bits per heavy atom. The first-order chi connectivity index (χ1) is 16.1. The summed E-state index contributed by atoms with van der Waals surface area (Å²) in [6, 6.07) is 22.5. The zero-order chi connectivity index (χ0) is 23.2. The van der Waals surface area contributed by atoms with E-state index in [-0.39, 0.29) is 0 Å². The normalized spacial score (nSPS) is 14.5. The van der Waals surface area contributed by atoms with E-state index in [9.17, 15) is 0 Å². The number of nitrogens with zero attached hydrogens (tertiary/aromatic N) is 3. The average Bonchev–Trinajstić information content (AvgIpc) is 2.85. The number of aliphatic imine (C=N–C) groups is 3. The molecule has 0 saturated carbocycles. The van der Waals surface area contributed by atoms with E-state index < -0.39 is 0 Å². The van der Waals surface area contributed by atoms with Crippen LogP contribution < -0.4 is 0 Å². The van der Waals surface area contributed by atoms with Gasteiger partial charge in [0, 0.05) is 6.21 Å². The molecule has 0 aromatic heterocycles. The van der Waals surface area contributed by atoms with Crippen LogP contribution in [0.1, 0.15) is 16.7 Å². The molecular formula is C30H25N3. The van der Waals surface area contributed by atoms with Crippen molar-refractivity contribution >= 4 is 36.1 Å². The van der Waals surface area contributed by atoms with E-state index in [4.69, 9.17) is 4.99 Å². The summed E-state index contributed by atoms with van der Waals surface area (Å²) in [4.78, 5) is 13.3. The fraction of sp³-hybridized carbons (Fsp3) is 0.0333. The van der Waals surface area contributed by atoms with Gasteiger partial charge < -0.3 is 0 Å². The van der Waals surface area contributed by atoms with Crippen LogP contribution in [-0.4, -0.2) is 18.6 Å². The third-order valence-electron chi connectivity index (χ3n) is 5.42. The number of aryl methyl sites for hydroxylation is 1. The second-order valence-corrected chi connectivity index (χ2v) is 7.76. The Morgan fingerprint density at radius 2 is 1.48 bits per heavy atom. The molecule has 3 nitrogen and oxygen atoms in total. The van der Waals surface area contributed by atoms with Crippen LogP contribution in [0.5, 0.6) is 0 Å². The van der Waals surface area contributed by atoms with Gasteiger partial charge in [-0.25, -0.2) is 4.99 Å². The van der Waals surface area contributed by atoms with Gasteiger partial charge in [0.1, 0.15) is 0 Å². The van der Waals surface area contributed by atoms with Gasteiger partial charge in [-0.3, -0.25) is 9.98 Å². The summed E-state index contributed by atoms with van der Waals surface area (Å²) in [6.07, 6.45) is 9.56. The number of rotatable bonds is 6. The molecule has 0 radical (unpaired) electrons. The molecule has 3 aromatic carbocycles. The molecule has 3 aromatic rings. The third-order valence-corrected chi connectivity index (χ3v) is 5.42. The van der Waals surface area contributed by atoms with Crippen LogP contribution in [0, 0.1) is 6.92 Å². The molecule has 160 valence electrons. The van der Waals surface area contributed by atoms with Crippen LogP contribution in [-0.2, 0) is 0 Å². The monoisotopic (exact) mass is 427 g/mol. The van der Waals surface area contributed by atoms with E-state index in [2.05, 4.69) is 78.4 Å². The van der Waals surface area contributed by atoms with E-state index in [0.717, 1.165) is 45.0 Å². The Kier molecular flexibility index (Phi) is 6.51. The maximum atomic E-state index is 4.74. The molecule has 0 spiro atoms. The first kappa shape index (κ1) is 21.8. The van der Waals surface area contributed by atoms with Crippen LogP contribution in [0.25, 0.3) is 17.2 Å². The standard InChI is InChI=1S/C30H25N3/c1-5-23-6-10-25(11-7-23)26-12-8-24(9-13-26)20-32-28-15-17-30(22(3)19-28)33-29-16-14-27(31-4)18-21(29)2/h5-20H,1,3-4H2,2H3/b32-20?,33-30-. The molecule has 1 aliphatic rings. The Bertz CT molecular complexity index is 1330.